The Balaban J connectivity index is 5.23. The van der Waals surface area contributed by atoms with Crippen molar-refractivity contribution < 1.29 is 37.3 Å². The number of nitrogens with zero attached hydrogens (tertiary/aromatic N) is 1. The number of carbonyl (C=O) groups excluding carboxylic acids is 2. The Hall–Kier alpha value is -2.03. The molecule has 71 heavy (non-hydrogen) atoms. The number of likely N-dealkylation sites (N-methyl/N-ethyl adjacent to an activating group) is 1. The van der Waals surface area contributed by atoms with Gasteiger partial charge < -0.3 is 19.4 Å². The third-order valence-electron chi connectivity index (χ3n) is 13.3. The summed E-state index contributed by atoms with van der Waals surface area (Å²) in [5.41, 5.74) is 0. The maximum absolute atomic E-state index is 13.5. The van der Waals surface area contributed by atoms with Crippen LogP contribution in [0.2, 0.25) is 0 Å². The van der Waals surface area contributed by atoms with Crippen molar-refractivity contribution in [1.82, 2.24) is 5.32 Å². The number of ether oxygens (including phenoxy) is 1. The fourth-order valence-corrected chi connectivity index (χ4v) is 9.44. The van der Waals surface area contributed by atoms with Gasteiger partial charge in [0, 0.05) is 12.8 Å². The second-order valence-electron chi connectivity index (χ2n) is 21.6. The first-order valence-corrected chi connectivity index (χ1v) is 31.5. The maximum atomic E-state index is 13.5. The standard InChI is InChI=1S/C61H115N2O7P/c1-7-10-13-16-19-22-25-27-29-30-31-32-34-36-39-42-45-48-51-54-61(65)70-59(52-49-46-43-40-37-24-21-18-15-12-9-3)58(57-69-71(66,67)68-56-55-63(4,5)6)62-60(64)53-50-47-44-41-38-35-33-28-26-23-20-17-14-11-8-2/h11,14,17,20,23,26,49,52,58-59H,7-10,12-13,15-16,18-19,21-22,24-25,27-48,50-51,53-57H2,1-6H3,(H-,62,64,66,67)/p+1/b14-11+,20-17+,26-23+,52-49+. The van der Waals surface area contributed by atoms with Gasteiger partial charge in [0.2, 0.25) is 5.91 Å². The third kappa shape index (κ3) is 52.6. The molecule has 2 N–H and O–H groups in total. The summed E-state index contributed by atoms with van der Waals surface area (Å²) in [6.07, 6.45) is 62.5. The Bertz CT molecular complexity index is 1360. The highest BCUT2D eigenvalue weighted by Crippen LogP contribution is 2.43. The number of nitrogens with one attached hydrogen (secondary N) is 1. The lowest BCUT2D eigenvalue weighted by atomic mass is 10.0. The van der Waals surface area contributed by atoms with Gasteiger partial charge in [0.05, 0.1) is 33.8 Å². The van der Waals surface area contributed by atoms with Gasteiger partial charge in [0.1, 0.15) is 19.3 Å². The molecule has 0 saturated heterocycles. The number of unbranched alkanes of at least 4 members (excludes halogenated alkanes) is 34. The zero-order valence-corrected chi connectivity index (χ0v) is 48.4. The van der Waals surface area contributed by atoms with Gasteiger partial charge in [0.15, 0.2) is 0 Å². The van der Waals surface area contributed by atoms with E-state index in [-0.39, 0.29) is 25.1 Å². The summed E-state index contributed by atoms with van der Waals surface area (Å²) >= 11 is 0. The first-order valence-electron chi connectivity index (χ1n) is 30.0. The molecule has 0 spiro atoms. The van der Waals surface area contributed by atoms with Crippen molar-refractivity contribution in [3.05, 3.63) is 48.6 Å². The lowest BCUT2D eigenvalue weighted by Gasteiger charge is -2.27. The van der Waals surface area contributed by atoms with Gasteiger partial charge in [0.25, 0.3) is 0 Å². The molecular formula is C61H116N2O7P+. The Labute approximate surface area is 439 Å². The molecule has 0 heterocycles. The lowest BCUT2D eigenvalue weighted by Crippen LogP contribution is -2.47. The topological polar surface area (TPSA) is 111 Å². The van der Waals surface area contributed by atoms with Crippen molar-refractivity contribution >= 4 is 19.7 Å². The zero-order chi connectivity index (χ0) is 52.2. The number of rotatable bonds is 54. The summed E-state index contributed by atoms with van der Waals surface area (Å²) in [4.78, 5) is 37.6. The summed E-state index contributed by atoms with van der Waals surface area (Å²) in [5.74, 6) is -0.511. The average molecular weight is 1020 g/mol. The van der Waals surface area contributed by atoms with Gasteiger partial charge in [-0.25, -0.2) is 4.57 Å². The third-order valence-corrected chi connectivity index (χ3v) is 14.3. The Kier molecular flexibility index (Phi) is 50.0. The van der Waals surface area contributed by atoms with Crippen LogP contribution in [-0.4, -0.2) is 74.3 Å². The van der Waals surface area contributed by atoms with Crippen LogP contribution in [0.1, 0.15) is 278 Å². The molecule has 0 fully saturated rings. The molecule has 0 saturated carbocycles. The molecule has 0 bridgehead atoms. The van der Waals surface area contributed by atoms with E-state index < -0.39 is 20.0 Å². The van der Waals surface area contributed by atoms with E-state index in [4.69, 9.17) is 13.8 Å². The molecule has 0 aromatic carbocycles. The number of esters is 1. The highest BCUT2D eigenvalue weighted by Gasteiger charge is 2.30. The first-order chi connectivity index (χ1) is 34.4. The SMILES string of the molecule is CC/C=C/C=C/C=C/CCCCCCCCCC(=O)NC(COP(=O)(O)OCC[N+](C)(C)C)C(/C=C/CCCCCCCCCCC)OC(=O)CCCCCCCCCCCCCCCCCCCCC. The Morgan fingerprint density at radius 3 is 1.34 bits per heavy atom. The fraction of sp³-hybridized carbons (Fsp3) is 0.836. The minimum absolute atomic E-state index is 0.0383. The average Bonchev–Trinajstić information content (AvgIpc) is 3.33. The smallest absolute Gasteiger partial charge is 0.456 e. The molecule has 0 radical (unpaired) electrons. The highest BCUT2D eigenvalue weighted by molar-refractivity contribution is 7.47. The maximum Gasteiger partial charge on any atom is 0.472 e. The van der Waals surface area contributed by atoms with E-state index in [9.17, 15) is 19.0 Å². The van der Waals surface area contributed by atoms with Crippen LogP contribution in [-0.2, 0) is 27.9 Å². The summed E-state index contributed by atoms with van der Waals surface area (Å²) in [5, 5.41) is 3.05. The van der Waals surface area contributed by atoms with E-state index in [2.05, 4.69) is 62.5 Å². The number of phosphoric ester groups is 1. The van der Waals surface area contributed by atoms with Gasteiger partial charge in [-0.2, -0.15) is 0 Å². The van der Waals surface area contributed by atoms with E-state index in [0.29, 0.717) is 23.9 Å². The zero-order valence-electron chi connectivity index (χ0n) is 47.5. The Morgan fingerprint density at radius 1 is 0.507 bits per heavy atom. The number of quaternary nitrogens is 1. The van der Waals surface area contributed by atoms with Crippen molar-refractivity contribution in [2.24, 2.45) is 0 Å². The molecule has 0 aliphatic rings. The largest absolute Gasteiger partial charge is 0.472 e. The number of hydrogen-bond donors (Lipinski definition) is 2. The van der Waals surface area contributed by atoms with E-state index in [1.165, 1.54) is 167 Å². The predicted molar refractivity (Wildman–Crippen MR) is 305 cm³/mol. The normalized spacial score (nSPS) is 14.1. The number of carbonyl (C=O) groups is 2. The lowest BCUT2D eigenvalue weighted by molar-refractivity contribution is -0.870. The summed E-state index contributed by atoms with van der Waals surface area (Å²) in [7, 11) is 1.49. The molecule has 3 unspecified atom stereocenters. The molecule has 0 aliphatic heterocycles. The van der Waals surface area contributed by atoms with Crippen molar-refractivity contribution in [2.45, 2.75) is 290 Å². The minimum Gasteiger partial charge on any atom is -0.456 e. The summed E-state index contributed by atoms with van der Waals surface area (Å²) in [6, 6.07) is -0.851. The molecule has 10 heteroatoms. The van der Waals surface area contributed by atoms with Crippen LogP contribution in [0.4, 0.5) is 0 Å². The summed E-state index contributed by atoms with van der Waals surface area (Å²) < 4.78 is 30.6. The molecule has 416 valence electrons. The van der Waals surface area contributed by atoms with E-state index in [0.717, 1.165) is 77.0 Å². The van der Waals surface area contributed by atoms with E-state index in [1.807, 2.05) is 33.3 Å². The molecule has 0 rings (SSSR count). The highest BCUT2D eigenvalue weighted by atomic mass is 31.2. The van der Waals surface area contributed by atoms with Gasteiger partial charge in [-0.3, -0.25) is 18.6 Å². The number of allylic oxidation sites excluding steroid dienone is 7. The van der Waals surface area contributed by atoms with E-state index in [1.54, 1.807) is 0 Å². The van der Waals surface area contributed by atoms with E-state index >= 15 is 0 Å². The number of hydrogen-bond acceptors (Lipinski definition) is 6. The second kappa shape index (κ2) is 51.5. The molecule has 9 nitrogen and oxygen atoms in total. The minimum atomic E-state index is -4.45. The van der Waals surface area contributed by atoms with Crippen molar-refractivity contribution in [1.29, 1.82) is 0 Å². The van der Waals surface area contributed by atoms with Crippen LogP contribution < -0.4 is 5.32 Å². The molecule has 0 aliphatic carbocycles. The predicted octanol–water partition coefficient (Wildman–Crippen LogP) is 18.1. The van der Waals surface area contributed by atoms with Crippen molar-refractivity contribution in [2.75, 3.05) is 40.9 Å². The second-order valence-corrected chi connectivity index (χ2v) is 23.0. The quantitative estimate of drug-likeness (QED) is 0.0156. The van der Waals surface area contributed by atoms with Crippen LogP contribution in [0.15, 0.2) is 48.6 Å². The molecule has 0 aromatic heterocycles. The van der Waals surface area contributed by atoms with Crippen molar-refractivity contribution in [3.63, 3.8) is 0 Å². The van der Waals surface area contributed by atoms with Crippen LogP contribution >= 0.6 is 7.82 Å². The number of amides is 1. The van der Waals surface area contributed by atoms with Crippen LogP contribution in [0, 0.1) is 0 Å². The molecule has 3 atom stereocenters. The van der Waals surface area contributed by atoms with Crippen molar-refractivity contribution in [3.8, 4) is 0 Å². The Morgan fingerprint density at radius 2 is 0.901 bits per heavy atom. The number of phosphoric acid groups is 1. The molecular weight excluding hydrogens is 904 g/mol. The molecule has 0 aromatic rings. The fourth-order valence-electron chi connectivity index (χ4n) is 8.71. The van der Waals surface area contributed by atoms with Gasteiger partial charge in [-0.15, -0.1) is 0 Å². The van der Waals surface area contributed by atoms with Crippen LogP contribution in [0.25, 0.3) is 0 Å². The first kappa shape index (κ1) is 69.0. The van der Waals surface area contributed by atoms with Crippen LogP contribution in [0.3, 0.4) is 0 Å². The van der Waals surface area contributed by atoms with Crippen LogP contribution in [0.5, 0.6) is 0 Å². The van der Waals surface area contributed by atoms with Gasteiger partial charge in [-0.1, -0.05) is 262 Å². The van der Waals surface area contributed by atoms with Gasteiger partial charge >= 0.3 is 13.8 Å². The van der Waals surface area contributed by atoms with Gasteiger partial charge in [-0.05, 0) is 51.0 Å². The molecule has 1 amide bonds. The monoisotopic (exact) mass is 1020 g/mol. The summed E-state index contributed by atoms with van der Waals surface area (Å²) in [6.45, 7) is 6.89.